The smallest absolute Gasteiger partial charge is 0.0649 e. The molecule has 0 spiro atoms. The van der Waals surface area contributed by atoms with Gasteiger partial charge in [0.2, 0.25) is 0 Å². The summed E-state index contributed by atoms with van der Waals surface area (Å²) in [5.41, 5.74) is 3.49. The first-order chi connectivity index (χ1) is 7.72. The molecule has 0 saturated heterocycles. The zero-order chi connectivity index (χ0) is 11.5. The molecule has 0 bridgehead atoms. The molecule has 1 aromatic carbocycles. The number of rotatable bonds is 3. The van der Waals surface area contributed by atoms with E-state index in [1.165, 1.54) is 11.3 Å². The second-order valence-corrected chi connectivity index (χ2v) is 4.59. The predicted molar refractivity (Wildman–Crippen MR) is 68.8 cm³/mol. The van der Waals surface area contributed by atoms with Crippen molar-refractivity contribution in [1.82, 2.24) is 15.1 Å². The second-order valence-electron chi connectivity index (χ2n) is 3.67. The fourth-order valence-corrected chi connectivity index (χ4v) is 1.91. The van der Waals surface area contributed by atoms with Gasteiger partial charge >= 0.3 is 0 Å². The monoisotopic (exact) mass is 279 g/mol. The Bertz CT molecular complexity index is 474. The molecule has 16 heavy (non-hydrogen) atoms. The van der Waals surface area contributed by atoms with E-state index in [1.54, 1.807) is 0 Å². The minimum absolute atomic E-state index is 0.850. The van der Waals surface area contributed by atoms with Gasteiger partial charge in [-0.25, -0.2) is 4.68 Å². The molecule has 2 aromatic rings. The summed E-state index contributed by atoms with van der Waals surface area (Å²) >= 11 is 3.43. The number of benzene rings is 1. The van der Waals surface area contributed by atoms with Gasteiger partial charge < -0.3 is 5.32 Å². The molecular weight excluding hydrogens is 266 g/mol. The van der Waals surface area contributed by atoms with Crippen LogP contribution in [0.3, 0.4) is 0 Å². The van der Waals surface area contributed by atoms with Gasteiger partial charge in [0, 0.05) is 22.3 Å². The van der Waals surface area contributed by atoms with Gasteiger partial charge in [-0.3, -0.25) is 0 Å². The van der Waals surface area contributed by atoms with Crippen LogP contribution in [0.4, 0.5) is 0 Å². The van der Waals surface area contributed by atoms with Gasteiger partial charge in [-0.1, -0.05) is 15.9 Å². The number of nitrogens with zero attached hydrogens (tertiary/aromatic N) is 2. The van der Waals surface area contributed by atoms with Crippen LogP contribution in [-0.4, -0.2) is 16.8 Å². The maximum atomic E-state index is 4.40. The zero-order valence-corrected chi connectivity index (χ0v) is 11.0. The summed E-state index contributed by atoms with van der Waals surface area (Å²) in [6, 6.07) is 8.14. The van der Waals surface area contributed by atoms with Crippen molar-refractivity contribution in [2.24, 2.45) is 0 Å². The lowest BCUT2D eigenvalue weighted by Gasteiger charge is -2.05. The third-order valence-corrected chi connectivity index (χ3v) is 3.08. The highest BCUT2D eigenvalue weighted by Crippen LogP contribution is 2.16. The molecule has 0 amide bonds. The van der Waals surface area contributed by atoms with Crippen LogP contribution in [0.25, 0.3) is 5.69 Å². The van der Waals surface area contributed by atoms with Crippen molar-refractivity contribution in [1.29, 1.82) is 0 Å². The first kappa shape index (κ1) is 11.4. The van der Waals surface area contributed by atoms with Crippen molar-refractivity contribution in [3.8, 4) is 5.69 Å². The molecule has 0 fully saturated rings. The average molecular weight is 280 g/mol. The van der Waals surface area contributed by atoms with Gasteiger partial charge in [0.1, 0.15) is 0 Å². The van der Waals surface area contributed by atoms with E-state index in [1.807, 2.05) is 42.2 Å². The number of hydrogen-bond acceptors (Lipinski definition) is 2. The molecule has 3 nitrogen and oxygen atoms in total. The van der Waals surface area contributed by atoms with Crippen LogP contribution in [0.1, 0.15) is 11.3 Å². The van der Waals surface area contributed by atoms with Crippen LogP contribution in [0, 0.1) is 6.92 Å². The third kappa shape index (κ3) is 2.18. The molecule has 0 saturated carbocycles. The normalized spacial score (nSPS) is 10.7. The average Bonchev–Trinajstić information content (AvgIpc) is 2.63. The van der Waals surface area contributed by atoms with Crippen LogP contribution in [-0.2, 0) is 6.54 Å². The summed E-state index contributed by atoms with van der Waals surface area (Å²) in [7, 11) is 1.94. The minimum atomic E-state index is 0.850. The van der Waals surface area contributed by atoms with Crippen LogP contribution >= 0.6 is 15.9 Å². The van der Waals surface area contributed by atoms with Gasteiger partial charge in [-0.15, -0.1) is 0 Å². The van der Waals surface area contributed by atoms with E-state index in [0.717, 1.165) is 16.7 Å². The highest BCUT2D eigenvalue weighted by Gasteiger charge is 2.06. The molecule has 0 aliphatic heterocycles. The van der Waals surface area contributed by atoms with E-state index in [0.29, 0.717) is 0 Å². The van der Waals surface area contributed by atoms with Gasteiger partial charge in [0.25, 0.3) is 0 Å². The number of nitrogens with one attached hydrogen (secondary N) is 1. The Morgan fingerprint density at radius 2 is 2.00 bits per heavy atom. The predicted octanol–water partition coefficient (Wildman–Crippen LogP) is 2.66. The van der Waals surface area contributed by atoms with Crippen molar-refractivity contribution in [3.05, 3.63) is 46.2 Å². The van der Waals surface area contributed by atoms with Crippen LogP contribution in [0.5, 0.6) is 0 Å². The van der Waals surface area contributed by atoms with E-state index in [2.05, 4.69) is 33.3 Å². The lowest BCUT2D eigenvalue weighted by atomic mass is 10.2. The van der Waals surface area contributed by atoms with Crippen molar-refractivity contribution < 1.29 is 0 Å². The summed E-state index contributed by atoms with van der Waals surface area (Å²) in [6.45, 7) is 2.93. The Balaban J connectivity index is 2.37. The molecule has 1 N–H and O–H groups in total. The van der Waals surface area contributed by atoms with Crippen LogP contribution in [0.2, 0.25) is 0 Å². The quantitative estimate of drug-likeness (QED) is 0.936. The number of hydrogen-bond donors (Lipinski definition) is 1. The van der Waals surface area contributed by atoms with Gasteiger partial charge in [0.15, 0.2) is 0 Å². The molecule has 0 radical (unpaired) electrons. The standard InChI is InChI=1S/C12H14BrN3/c1-9-10(7-14-2)8-15-16(9)12-5-3-11(13)4-6-12/h3-6,8,14H,7H2,1-2H3. The lowest BCUT2D eigenvalue weighted by Crippen LogP contribution is -2.06. The summed E-state index contributed by atoms with van der Waals surface area (Å²) in [5, 5.41) is 7.53. The largest absolute Gasteiger partial charge is 0.316 e. The molecule has 2 rings (SSSR count). The number of aromatic nitrogens is 2. The first-order valence-corrected chi connectivity index (χ1v) is 5.95. The summed E-state index contributed by atoms with van der Waals surface area (Å²) in [4.78, 5) is 0. The highest BCUT2D eigenvalue weighted by atomic mass is 79.9. The minimum Gasteiger partial charge on any atom is -0.316 e. The molecule has 4 heteroatoms. The SMILES string of the molecule is CNCc1cnn(-c2ccc(Br)cc2)c1C. The Labute approximate surface area is 104 Å². The van der Waals surface area contributed by atoms with E-state index in [4.69, 9.17) is 0 Å². The van der Waals surface area contributed by atoms with E-state index in [-0.39, 0.29) is 0 Å². The fourth-order valence-electron chi connectivity index (χ4n) is 1.65. The third-order valence-electron chi connectivity index (χ3n) is 2.55. The van der Waals surface area contributed by atoms with Crippen molar-refractivity contribution in [2.45, 2.75) is 13.5 Å². The maximum absolute atomic E-state index is 4.40. The molecular formula is C12H14BrN3. The lowest BCUT2D eigenvalue weighted by molar-refractivity contribution is 0.801. The Morgan fingerprint density at radius 3 is 2.62 bits per heavy atom. The molecule has 0 aliphatic rings. The zero-order valence-electron chi connectivity index (χ0n) is 9.37. The molecule has 84 valence electrons. The summed E-state index contributed by atoms with van der Waals surface area (Å²) in [5.74, 6) is 0. The fraction of sp³-hybridized carbons (Fsp3) is 0.250. The Kier molecular flexibility index (Phi) is 3.41. The Hall–Kier alpha value is -1.13. The van der Waals surface area contributed by atoms with E-state index < -0.39 is 0 Å². The van der Waals surface area contributed by atoms with Crippen LogP contribution < -0.4 is 5.32 Å². The summed E-state index contributed by atoms with van der Waals surface area (Å²) < 4.78 is 3.04. The number of halogens is 1. The van der Waals surface area contributed by atoms with Crippen molar-refractivity contribution in [3.63, 3.8) is 0 Å². The summed E-state index contributed by atoms with van der Waals surface area (Å²) in [6.07, 6.45) is 1.91. The Morgan fingerprint density at radius 1 is 1.31 bits per heavy atom. The van der Waals surface area contributed by atoms with Gasteiger partial charge in [-0.2, -0.15) is 5.10 Å². The maximum Gasteiger partial charge on any atom is 0.0649 e. The second kappa shape index (κ2) is 4.80. The highest BCUT2D eigenvalue weighted by molar-refractivity contribution is 9.10. The van der Waals surface area contributed by atoms with E-state index >= 15 is 0 Å². The van der Waals surface area contributed by atoms with Gasteiger partial charge in [0.05, 0.1) is 11.9 Å². The molecule has 0 atom stereocenters. The molecule has 0 unspecified atom stereocenters. The van der Waals surface area contributed by atoms with Gasteiger partial charge in [-0.05, 0) is 38.2 Å². The molecule has 1 aromatic heterocycles. The molecule has 1 heterocycles. The topological polar surface area (TPSA) is 29.9 Å². The van der Waals surface area contributed by atoms with E-state index in [9.17, 15) is 0 Å². The first-order valence-electron chi connectivity index (χ1n) is 5.16. The van der Waals surface area contributed by atoms with Crippen molar-refractivity contribution in [2.75, 3.05) is 7.05 Å². The van der Waals surface area contributed by atoms with Crippen LogP contribution in [0.15, 0.2) is 34.9 Å². The van der Waals surface area contributed by atoms with Crippen molar-refractivity contribution >= 4 is 15.9 Å². The molecule has 0 aliphatic carbocycles.